The summed E-state index contributed by atoms with van der Waals surface area (Å²) in [7, 11) is -4.48. The van der Waals surface area contributed by atoms with Crippen LogP contribution in [-0.4, -0.2) is 21.0 Å². The van der Waals surface area contributed by atoms with Crippen molar-refractivity contribution >= 4 is 31.6 Å². The fourth-order valence-corrected chi connectivity index (χ4v) is 2.05. The number of sulfonamides is 1. The molecule has 0 aromatic heterocycles. The number of benzene rings is 1. The molecule has 0 unspecified atom stereocenters. The van der Waals surface area contributed by atoms with Crippen LogP contribution in [0.4, 0.5) is 18.9 Å². The van der Waals surface area contributed by atoms with Crippen molar-refractivity contribution in [1.29, 1.82) is 0 Å². The average molecular weight is 318 g/mol. The van der Waals surface area contributed by atoms with Gasteiger partial charge in [0.05, 0.1) is 5.69 Å². The van der Waals surface area contributed by atoms with Crippen molar-refractivity contribution in [1.82, 2.24) is 0 Å². The second-order valence-corrected chi connectivity index (χ2v) is 5.77. The van der Waals surface area contributed by atoms with Gasteiger partial charge in [-0.15, -0.1) is 0 Å². The van der Waals surface area contributed by atoms with E-state index in [0.717, 1.165) is 7.05 Å². The number of hydrogen-bond donors (Lipinski definition) is 0. The van der Waals surface area contributed by atoms with E-state index in [4.69, 9.17) is 0 Å². The van der Waals surface area contributed by atoms with Gasteiger partial charge in [0.1, 0.15) is 0 Å². The van der Waals surface area contributed by atoms with Crippen LogP contribution in [0.2, 0.25) is 0 Å². The molecule has 0 heterocycles. The maximum Gasteiger partial charge on any atom is 0.516 e. The molecule has 0 aliphatic rings. The Kier molecular flexibility index (Phi) is 3.53. The Morgan fingerprint density at radius 1 is 1.31 bits per heavy atom. The van der Waals surface area contributed by atoms with Crippen LogP contribution in [0.15, 0.2) is 28.7 Å². The van der Waals surface area contributed by atoms with Crippen LogP contribution in [0.1, 0.15) is 0 Å². The van der Waals surface area contributed by atoms with Gasteiger partial charge in [-0.1, -0.05) is 22.0 Å². The van der Waals surface area contributed by atoms with Gasteiger partial charge in [0.2, 0.25) is 0 Å². The number of halogens is 4. The maximum atomic E-state index is 12.2. The Morgan fingerprint density at radius 2 is 1.88 bits per heavy atom. The first-order valence-electron chi connectivity index (χ1n) is 3.97. The first kappa shape index (κ1) is 13.3. The number of hydrogen-bond acceptors (Lipinski definition) is 2. The Bertz CT molecular complexity index is 486. The number of nitrogens with zero attached hydrogens (tertiary/aromatic N) is 1. The lowest BCUT2D eigenvalue weighted by atomic mass is 10.3. The van der Waals surface area contributed by atoms with Crippen molar-refractivity contribution in [2.24, 2.45) is 0 Å². The van der Waals surface area contributed by atoms with Crippen molar-refractivity contribution in [2.75, 3.05) is 11.4 Å². The molecule has 90 valence electrons. The van der Waals surface area contributed by atoms with Gasteiger partial charge in [0.15, 0.2) is 0 Å². The smallest absolute Gasteiger partial charge is 0.266 e. The summed E-state index contributed by atoms with van der Waals surface area (Å²) in [5.41, 5.74) is -5.36. The monoisotopic (exact) mass is 317 g/mol. The molecule has 0 bridgehead atoms. The highest BCUT2D eigenvalue weighted by molar-refractivity contribution is 9.10. The van der Waals surface area contributed by atoms with E-state index in [1.165, 1.54) is 18.2 Å². The lowest BCUT2D eigenvalue weighted by Gasteiger charge is -2.20. The molecule has 1 aromatic rings. The zero-order valence-electron chi connectivity index (χ0n) is 7.99. The van der Waals surface area contributed by atoms with Gasteiger partial charge >= 0.3 is 15.5 Å². The lowest BCUT2D eigenvalue weighted by Crippen LogP contribution is -2.38. The molecule has 0 aliphatic carbocycles. The van der Waals surface area contributed by atoms with E-state index in [1.54, 1.807) is 6.07 Å². The summed E-state index contributed by atoms with van der Waals surface area (Å²) in [6.07, 6.45) is 0. The Labute approximate surface area is 99.0 Å². The summed E-state index contributed by atoms with van der Waals surface area (Å²) in [5, 5.41) is 0. The van der Waals surface area contributed by atoms with E-state index < -0.39 is 15.5 Å². The molecule has 0 saturated heterocycles. The second-order valence-electron chi connectivity index (χ2n) is 2.90. The summed E-state index contributed by atoms with van der Waals surface area (Å²) in [4.78, 5) is 0. The second kappa shape index (κ2) is 4.25. The van der Waals surface area contributed by atoms with Crippen LogP contribution in [0, 0.1) is 0 Å². The van der Waals surface area contributed by atoms with Gasteiger partial charge in [-0.2, -0.15) is 21.6 Å². The molecular formula is C8H7BrF3NO2S. The van der Waals surface area contributed by atoms with Gasteiger partial charge in [-0.25, -0.2) is 0 Å². The predicted molar refractivity (Wildman–Crippen MR) is 57.5 cm³/mol. The molecular weight excluding hydrogens is 311 g/mol. The molecule has 0 fully saturated rings. The SMILES string of the molecule is CN(c1cccc(Br)c1)S(=O)(=O)C(F)(F)F. The molecule has 8 heteroatoms. The lowest BCUT2D eigenvalue weighted by molar-refractivity contribution is -0.0437. The molecule has 16 heavy (non-hydrogen) atoms. The normalized spacial score (nSPS) is 12.6. The van der Waals surface area contributed by atoms with Gasteiger partial charge in [-0.05, 0) is 18.2 Å². The maximum absolute atomic E-state index is 12.2. The molecule has 0 spiro atoms. The zero-order valence-corrected chi connectivity index (χ0v) is 10.4. The molecule has 0 saturated carbocycles. The average Bonchev–Trinajstić information content (AvgIpc) is 2.14. The highest BCUT2D eigenvalue weighted by Gasteiger charge is 2.49. The summed E-state index contributed by atoms with van der Waals surface area (Å²) in [6.45, 7) is 0. The third kappa shape index (κ3) is 2.49. The summed E-state index contributed by atoms with van der Waals surface area (Å²) >= 11 is 3.04. The van der Waals surface area contributed by atoms with Crippen molar-refractivity contribution in [3.63, 3.8) is 0 Å². The molecule has 0 atom stereocenters. The minimum Gasteiger partial charge on any atom is -0.266 e. The fraction of sp³-hybridized carbons (Fsp3) is 0.250. The molecule has 0 amide bonds. The van der Waals surface area contributed by atoms with Gasteiger partial charge < -0.3 is 0 Å². The molecule has 1 aromatic carbocycles. The molecule has 0 radical (unpaired) electrons. The standard InChI is InChI=1S/C8H7BrF3NO2S/c1-13(16(14,15)8(10,11)12)7-4-2-3-6(9)5-7/h2-5H,1H3. The quantitative estimate of drug-likeness (QED) is 0.841. The van der Waals surface area contributed by atoms with Crippen molar-refractivity contribution in [2.45, 2.75) is 5.51 Å². The first-order valence-corrected chi connectivity index (χ1v) is 6.20. The van der Waals surface area contributed by atoms with Gasteiger partial charge in [0.25, 0.3) is 0 Å². The van der Waals surface area contributed by atoms with E-state index in [-0.39, 0.29) is 9.99 Å². The number of rotatable bonds is 2. The summed E-state index contributed by atoms with van der Waals surface area (Å²) in [5.74, 6) is 0. The summed E-state index contributed by atoms with van der Waals surface area (Å²) < 4.78 is 59.5. The van der Waals surface area contributed by atoms with E-state index in [1.807, 2.05) is 0 Å². The predicted octanol–water partition coefficient (Wildman–Crippen LogP) is 2.73. The van der Waals surface area contributed by atoms with Gasteiger partial charge in [0, 0.05) is 11.5 Å². The third-order valence-corrected chi connectivity index (χ3v) is 3.83. The van der Waals surface area contributed by atoms with Crippen molar-refractivity contribution in [3.8, 4) is 0 Å². The molecule has 0 aliphatic heterocycles. The van der Waals surface area contributed by atoms with Gasteiger partial charge in [-0.3, -0.25) is 4.31 Å². The zero-order chi connectivity index (χ0) is 12.6. The van der Waals surface area contributed by atoms with Crippen molar-refractivity contribution < 1.29 is 21.6 Å². The van der Waals surface area contributed by atoms with Crippen LogP contribution in [0.25, 0.3) is 0 Å². The van der Waals surface area contributed by atoms with Crippen LogP contribution < -0.4 is 4.31 Å². The van der Waals surface area contributed by atoms with Crippen LogP contribution >= 0.6 is 15.9 Å². The minimum atomic E-state index is -5.33. The third-order valence-electron chi connectivity index (χ3n) is 1.82. The highest BCUT2D eigenvalue weighted by Crippen LogP contribution is 2.30. The molecule has 3 nitrogen and oxygen atoms in total. The van der Waals surface area contributed by atoms with Crippen LogP contribution in [-0.2, 0) is 10.0 Å². The van der Waals surface area contributed by atoms with Crippen LogP contribution in [0.5, 0.6) is 0 Å². The van der Waals surface area contributed by atoms with Crippen LogP contribution in [0.3, 0.4) is 0 Å². The topological polar surface area (TPSA) is 37.4 Å². The molecule has 1 rings (SSSR count). The Balaban J connectivity index is 3.18. The molecule has 0 N–H and O–H groups in total. The number of anilines is 1. The minimum absolute atomic E-state index is 0.0632. The van der Waals surface area contributed by atoms with E-state index >= 15 is 0 Å². The Morgan fingerprint density at radius 3 is 2.31 bits per heavy atom. The van der Waals surface area contributed by atoms with E-state index in [2.05, 4.69) is 15.9 Å². The fourth-order valence-electron chi connectivity index (χ4n) is 0.966. The largest absolute Gasteiger partial charge is 0.516 e. The van der Waals surface area contributed by atoms with E-state index in [0.29, 0.717) is 4.47 Å². The summed E-state index contributed by atoms with van der Waals surface area (Å²) in [6, 6.07) is 5.58. The Hall–Kier alpha value is -0.760. The van der Waals surface area contributed by atoms with E-state index in [9.17, 15) is 21.6 Å². The number of alkyl halides is 3. The van der Waals surface area contributed by atoms with Crippen molar-refractivity contribution in [3.05, 3.63) is 28.7 Å². The first-order chi connectivity index (χ1) is 7.16. The highest BCUT2D eigenvalue weighted by atomic mass is 79.9.